The molecule has 8 heteroatoms. The molecule has 8 nitrogen and oxygen atoms in total. The number of nitro benzene ring substituents is 1. The predicted molar refractivity (Wildman–Crippen MR) is 125 cm³/mol. The van der Waals surface area contributed by atoms with Crippen LogP contribution in [-0.2, 0) is 4.79 Å². The summed E-state index contributed by atoms with van der Waals surface area (Å²) in [5.41, 5.74) is 3.99. The number of rotatable bonds is 9. The highest BCUT2D eigenvalue weighted by atomic mass is 16.6. The number of carbonyl (C=O) groups excluding carboxylic acids is 1. The van der Waals surface area contributed by atoms with Crippen molar-refractivity contribution in [1.29, 1.82) is 0 Å². The lowest BCUT2D eigenvalue weighted by Crippen LogP contribution is -2.46. The summed E-state index contributed by atoms with van der Waals surface area (Å²) in [7, 11) is 0. The molecule has 0 saturated carbocycles. The Morgan fingerprint density at radius 3 is 2.42 bits per heavy atom. The van der Waals surface area contributed by atoms with Gasteiger partial charge < -0.3 is 20.4 Å². The Labute approximate surface area is 183 Å². The van der Waals surface area contributed by atoms with Crippen LogP contribution in [0.1, 0.15) is 25.3 Å². The Hall–Kier alpha value is -3.13. The number of likely N-dealkylation sites (N-methyl/N-ethyl adjacent to an activating group) is 1. The molecule has 2 N–H and O–H groups in total. The van der Waals surface area contributed by atoms with Gasteiger partial charge in [0.15, 0.2) is 0 Å². The molecule has 2 aromatic carbocycles. The number of nitrogens with one attached hydrogen (secondary N) is 2. The molecule has 1 fully saturated rings. The van der Waals surface area contributed by atoms with Crippen molar-refractivity contribution in [2.75, 3.05) is 54.8 Å². The summed E-state index contributed by atoms with van der Waals surface area (Å²) in [5, 5.41) is 16.9. The first kappa shape index (κ1) is 22.6. The SMILES string of the molecule is CCN1CCN(c2ccc(NC(=O)CCCNc3ccc([N+](=O)[O-])cc3)c(C)c2)CC1. The number of piperazine rings is 1. The van der Waals surface area contributed by atoms with Crippen molar-refractivity contribution in [3.05, 3.63) is 58.1 Å². The van der Waals surface area contributed by atoms with Crippen LogP contribution in [0.25, 0.3) is 0 Å². The average Bonchev–Trinajstić information content (AvgIpc) is 2.78. The number of hydrogen-bond acceptors (Lipinski definition) is 6. The summed E-state index contributed by atoms with van der Waals surface area (Å²) in [5.74, 6) is -0.0158. The second-order valence-corrected chi connectivity index (χ2v) is 7.80. The first-order valence-corrected chi connectivity index (χ1v) is 10.8. The molecule has 0 aromatic heterocycles. The van der Waals surface area contributed by atoms with Gasteiger partial charge in [0.05, 0.1) is 4.92 Å². The van der Waals surface area contributed by atoms with E-state index in [1.54, 1.807) is 12.1 Å². The minimum atomic E-state index is -0.422. The van der Waals surface area contributed by atoms with Crippen LogP contribution in [0.5, 0.6) is 0 Å². The Morgan fingerprint density at radius 2 is 1.81 bits per heavy atom. The van der Waals surface area contributed by atoms with Crippen LogP contribution >= 0.6 is 0 Å². The monoisotopic (exact) mass is 425 g/mol. The highest BCUT2D eigenvalue weighted by Gasteiger charge is 2.16. The van der Waals surface area contributed by atoms with Gasteiger partial charge in [-0.25, -0.2) is 0 Å². The molecule has 1 saturated heterocycles. The van der Waals surface area contributed by atoms with Gasteiger partial charge in [0.25, 0.3) is 5.69 Å². The van der Waals surface area contributed by atoms with E-state index in [9.17, 15) is 14.9 Å². The fourth-order valence-electron chi connectivity index (χ4n) is 3.70. The molecular formula is C23H31N5O3. The number of benzene rings is 2. The van der Waals surface area contributed by atoms with Crippen LogP contribution in [0.4, 0.5) is 22.7 Å². The molecule has 0 bridgehead atoms. The quantitative estimate of drug-likeness (QED) is 0.360. The third-order valence-corrected chi connectivity index (χ3v) is 5.66. The summed E-state index contributed by atoms with van der Waals surface area (Å²) < 4.78 is 0. The van der Waals surface area contributed by atoms with E-state index in [1.807, 2.05) is 13.0 Å². The number of hydrogen-bond donors (Lipinski definition) is 2. The topological polar surface area (TPSA) is 90.8 Å². The lowest BCUT2D eigenvalue weighted by molar-refractivity contribution is -0.384. The molecule has 166 valence electrons. The lowest BCUT2D eigenvalue weighted by atomic mass is 10.1. The predicted octanol–water partition coefficient (Wildman–Crippen LogP) is 3.88. The summed E-state index contributed by atoms with van der Waals surface area (Å²) in [6, 6.07) is 12.5. The standard InChI is InChI=1S/C23H31N5O3/c1-3-26-13-15-27(16-14-26)21-10-11-22(18(2)17-21)25-23(29)5-4-12-24-19-6-8-20(9-7-19)28(30)31/h6-11,17,24H,3-5,12-16H2,1-2H3,(H,25,29). The average molecular weight is 426 g/mol. The largest absolute Gasteiger partial charge is 0.385 e. The molecule has 31 heavy (non-hydrogen) atoms. The zero-order chi connectivity index (χ0) is 22.2. The maximum atomic E-state index is 12.3. The smallest absolute Gasteiger partial charge is 0.269 e. The van der Waals surface area contributed by atoms with E-state index >= 15 is 0 Å². The van der Waals surface area contributed by atoms with Crippen LogP contribution in [0.15, 0.2) is 42.5 Å². The molecule has 0 aliphatic carbocycles. The molecule has 0 spiro atoms. The fraction of sp³-hybridized carbons (Fsp3) is 0.435. The highest BCUT2D eigenvalue weighted by molar-refractivity contribution is 5.91. The first-order chi connectivity index (χ1) is 15.0. The lowest BCUT2D eigenvalue weighted by Gasteiger charge is -2.35. The molecule has 2 aromatic rings. The van der Waals surface area contributed by atoms with Gasteiger partial charge in [-0.1, -0.05) is 6.92 Å². The van der Waals surface area contributed by atoms with Gasteiger partial charge in [-0.3, -0.25) is 14.9 Å². The third kappa shape index (κ3) is 6.42. The second-order valence-electron chi connectivity index (χ2n) is 7.80. The number of nitro groups is 1. The second kappa shape index (κ2) is 10.8. The van der Waals surface area contributed by atoms with E-state index in [1.165, 1.54) is 17.8 Å². The molecule has 0 atom stereocenters. The van der Waals surface area contributed by atoms with Crippen molar-refractivity contribution < 1.29 is 9.72 Å². The van der Waals surface area contributed by atoms with Gasteiger partial charge in [-0.15, -0.1) is 0 Å². The molecule has 0 radical (unpaired) electrons. The Balaban J connectivity index is 1.42. The number of nitrogens with zero attached hydrogens (tertiary/aromatic N) is 3. The fourth-order valence-corrected chi connectivity index (χ4v) is 3.70. The van der Waals surface area contributed by atoms with E-state index in [4.69, 9.17) is 0 Å². The molecular weight excluding hydrogens is 394 g/mol. The number of anilines is 3. The van der Waals surface area contributed by atoms with E-state index < -0.39 is 4.92 Å². The van der Waals surface area contributed by atoms with Crippen molar-refractivity contribution in [3.8, 4) is 0 Å². The van der Waals surface area contributed by atoms with Crippen molar-refractivity contribution >= 4 is 28.7 Å². The molecule has 3 rings (SSSR count). The van der Waals surface area contributed by atoms with E-state index in [0.717, 1.165) is 49.7 Å². The van der Waals surface area contributed by atoms with E-state index in [-0.39, 0.29) is 11.6 Å². The van der Waals surface area contributed by atoms with Gasteiger partial charge in [0.1, 0.15) is 0 Å². The Kier molecular flexibility index (Phi) is 7.83. The van der Waals surface area contributed by atoms with Crippen molar-refractivity contribution in [2.24, 2.45) is 0 Å². The van der Waals surface area contributed by atoms with Crippen molar-refractivity contribution in [2.45, 2.75) is 26.7 Å². The van der Waals surface area contributed by atoms with Crippen LogP contribution in [0.3, 0.4) is 0 Å². The van der Waals surface area contributed by atoms with Crippen LogP contribution in [0.2, 0.25) is 0 Å². The van der Waals surface area contributed by atoms with Gasteiger partial charge in [-0.05, 0) is 55.8 Å². The molecule has 1 heterocycles. The summed E-state index contributed by atoms with van der Waals surface area (Å²) in [6.45, 7) is 10.2. The van der Waals surface area contributed by atoms with Crippen LogP contribution in [0, 0.1) is 17.0 Å². The number of non-ortho nitro benzene ring substituents is 1. The molecule has 1 aliphatic heterocycles. The number of amides is 1. The third-order valence-electron chi connectivity index (χ3n) is 5.66. The molecule has 0 unspecified atom stereocenters. The minimum Gasteiger partial charge on any atom is -0.385 e. The normalized spacial score (nSPS) is 14.3. The maximum absolute atomic E-state index is 12.3. The zero-order valence-corrected chi connectivity index (χ0v) is 18.3. The molecule has 1 aliphatic rings. The molecule has 1 amide bonds. The summed E-state index contributed by atoms with van der Waals surface area (Å²) in [4.78, 5) is 27.4. The van der Waals surface area contributed by atoms with E-state index in [0.29, 0.717) is 19.4 Å². The van der Waals surface area contributed by atoms with Crippen molar-refractivity contribution in [1.82, 2.24) is 4.90 Å². The van der Waals surface area contributed by atoms with Gasteiger partial charge >= 0.3 is 0 Å². The van der Waals surface area contributed by atoms with Gasteiger partial charge in [0.2, 0.25) is 5.91 Å². The van der Waals surface area contributed by atoms with Crippen molar-refractivity contribution in [3.63, 3.8) is 0 Å². The van der Waals surface area contributed by atoms with Gasteiger partial charge in [0, 0.05) is 68.3 Å². The number of aryl methyl sites for hydroxylation is 1. The summed E-state index contributed by atoms with van der Waals surface area (Å²) >= 11 is 0. The zero-order valence-electron chi connectivity index (χ0n) is 18.3. The van der Waals surface area contributed by atoms with E-state index in [2.05, 4.69) is 39.5 Å². The Bertz CT molecular complexity index is 893. The van der Waals surface area contributed by atoms with Crippen LogP contribution < -0.4 is 15.5 Å². The highest BCUT2D eigenvalue weighted by Crippen LogP contribution is 2.24. The minimum absolute atomic E-state index is 0.0158. The maximum Gasteiger partial charge on any atom is 0.269 e. The van der Waals surface area contributed by atoms with Gasteiger partial charge in [-0.2, -0.15) is 0 Å². The summed E-state index contributed by atoms with van der Waals surface area (Å²) in [6.07, 6.45) is 1.07. The Morgan fingerprint density at radius 1 is 1.10 bits per heavy atom. The van der Waals surface area contributed by atoms with Crippen LogP contribution in [-0.4, -0.2) is 55.0 Å². The number of carbonyl (C=O) groups is 1. The first-order valence-electron chi connectivity index (χ1n) is 10.8.